The number of halogens is 4. The summed E-state index contributed by atoms with van der Waals surface area (Å²) in [6.07, 6.45) is -4.06. The topological polar surface area (TPSA) is 59.4 Å². The van der Waals surface area contributed by atoms with Crippen LogP contribution in [0.15, 0.2) is 40.8 Å². The van der Waals surface area contributed by atoms with Crippen LogP contribution in [0.2, 0.25) is 0 Å². The zero-order chi connectivity index (χ0) is 14.8. The van der Waals surface area contributed by atoms with E-state index in [-0.39, 0.29) is 19.0 Å². The summed E-state index contributed by atoms with van der Waals surface area (Å²) >= 11 is 0. The Bertz CT molecular complexity index is 584. The van der Waals surface area contributed by atoms with Gasteiger partial charge in [-0.25, -0.2) is 0 Å². The SMILES string of the molecule is Cl.NC(CCO)c1ccc(-c2cccc(C(F)(F)F)c2)o1. The Balaban J connectivity index is 0.00000220. The molecule has 2 rings (SSSR count). The van der Waals surface area contributed by atoms with Crippen LogP contribution in [0, 0.1) is 0 Å². The van der Waals surface area contributed by atoms with Gasteiger partial charge in [0.1, 0.15) is 11.5 Å². The van der Waals surface area contributed by atoms with E-state index in [2.05, 4.69) is 0 Å². The number of furan rings is 1. The van der Waals surface area contributed by atoms with Gasteiger partial charge in [-0.1, -0.05) is 12.1 Å². The Morgan fingerprint density at radius 2 is 1.90 bits per heavy atom. The summed E-state index contributed by atoms with van der Waals surface area (Å²) < 4.78 is 43.4. The standard InChI is InChI=1S/C14H14F3NO2.ClH/c15-14(16,17)10-3-1-2-9(8-10)12-4-5-13(20-12)11(18)6-7-19;/h1-5,8,11,19H,6-7,18H2;1H. The molecular formula is C14H15ClF3NO2. The maximum absolute atomic E-state index is 12.6. The third-order valence-electron chi connectivity index (χ3n) is 2.91. The highest BCUT2D eigenvalue weighted by Gasteiger charge is 2.30. The lowest BCUT2D eigenvalue weighted by molar-refractivity contribution is -0.137. The lowest BCUT2D eigenvalue weighted by atomic mass is 10.1. The fourth-order valence-corrected chi connectivity index (χ4v) is 1.84. The van der Waals surface area contributed by atoms with Gasteiger partial charge in [0, 0.05) is 12.2 Å². The number of aliphatic hydroxyl groups excluding tert-OH is 1. The molecule has 0 saturated carbocycles. The zero-order valence-corrected chi connectivity index (χ0v) is 11.7. The molecule has 1 heterocycles. The minimum absolute atomic E-state index is 0. The first-order chi connectivity index (χ1) is 9.41. The van der Waals surface area contributed by atoms with Crippen molar-refractivity contribution in [3.63, 3.8) is 0 Å². The van der Waals surface area contributed by atoms with Crippen molar-refractivity contribution in [1.29, 1.82) is 0 Å². The van der Waals surface area contributed by atoms with Crippen molar-refractivity contribution in [3.05, 3.63) is 47.7 Å². The summed E-state index contributed by atoms with van der Waals surface area (Å²) in [5.74, 6) is 0.756. The minimum atomic E-state index is -4.39. The molecular weight excluding hydrogens is 307 g/mol. The van der Waals surface area contributed by atoms with E-state index in [9.17, 15) is 13.2 Å². The molecule has 0 amide bonds. The zero-order valence-electron chi connectivity index (χ0n) is 10.9. The molecule has 1 aromatic carbocycles. The molecule has 21 heavy (non-hydrogen) atoms. The second kappa shape index (κ2) is 6.98. The monoisotopic (exact) mass is 321 g/mol. The largest absolute Gasteiger partial charge is 0.459 e. The van der Waals surface area contributed by atoms with Gasteiger partial charge in [-0.2, -0.15) is 13.2 Å². The van der Waals surface area contributed by atoms with Crippen molar-refractivity contribution in [3.8, 4) is 11.3 Å². The maximum Gasteiger partial charge on any atom is 0.416 e. The Kier molecular flexibility index (Phi) is 5.83. The molecule has 116 valence electrons. The van der Waals surface area contributed by atoms with E-state index >= 15 is 0 Å². The van der Waals surface area contributed by atoms with Gasteiger partial charge >= 0.3 is 6.18 Å². The molecule has 0 fully saturated rings. The number of nitrogens with two attached hydrogens (primary N) is 1. The Hall–Kier alpha value is -1.50. The van der Waals surface area contributed by atoms with Crippen LogP contribution in [-0.4, -0.2) is 11.7 Å². The summed E-state index contributed by atoms with van der Waals surface area (Å²) in [4.78, 5) is 0. The van der Waals surface area contributed by atoms with E-state index < -0.39 is 17.8 Å². The van der Waals surface area contributed by atoms with Gasteiger partial charge in [0.2, 0.25) is 0 Å². The van der Waals surface area contributed by atoms with Crippen LogP contribution in [0.25, 0.3) is 11.3 Å². The third-order valence-corrected chi connectivity index (χ3v) is 2.91. The second-order valence-corrected chi connectivity index (χ2v) is 4.40. The first-order valence-corrected chi connectivity index (χ1v) is 6.05. The number of hydrogen-bond donors (Lipinski definition) is 2. The quantitative estimate of drug-likeness (QED) is 0.901. The first-order valence-electron chi connectivity index (χ1n) is 6.05. The molecule has 2 aromatic rings. The Labute approximate surface area is 126 Å². The third kappa shape index (κ3) is 4.23. The van der Waals surface area contributed by atoms with Crippen LogP contribution < -0.4 is 5.73 Å². The van der Waals surface area contributed by atoms with E-state index in [1.807, 2.05) is 0 Å². The molecule has 0 radical (unpaired) electrons. The van der Waals surface area contributed by atoms with Gasteiger partial charge in [-0.15, -0.1) is 12.4 Å². The lowest BCUT2D eigenvalue weighted by Crippen LogP contribution is -2.10. The molecule has 7 heteroatoms. The van der Waals surface area contributed by atoms with Crippen LogP contribution in [-0.2, 0) is 6.18 Å². The summed E-state index contributed by atoms with van der Waals surface area (Å²) in [7, 11) is 0. The van der Waals surface area contributed by atoms with Crippen molar-refractivity contribution < 1.29 is 22.7 Å². The predicted octanol–water partition coefficient (Wildman–Crippen LogP) is 3.77. The summed E-state index contributed by atoms with van der Waals surface area (Å²) in [5.41, 5.74) is 5.37. The summed E-state index contributed by atoms with van der Waals surface area (Å²) in [6, 6.07) is 7.60. The number of hydrogen-bond acceptors (Lipinski definition) is 3. The molecule has 3 N–H and O–H groups in total. The Morgan fingerprint density at radius 1 is 1.19 bits per heavy atom. The van der Waals surface area contributed by atoms with E-state index in [1.165, 1.54) is 12.1 Å². The highest BCUT2D eigenvalue weighted by Crippen LogP contribution is 2.33. The fraction of sp³-hybridized carbons (Fsp3) is 0.286. The Morgan fingerprint density at radius 3 is 2.52 bits per heavy atom. The highest BCUT2D eigenvalue weighted by atomic mass is 35.5. The molecule has 0 aliphatic carbocycles. The second-order valence-electron chi connectivity index (χ2n) is 4.40. The molecule has 0 bridgehead atoms. The van der Waals surface area contributed by atoms with Crippen molar-refractivity contribution in [2.75, 3.05) is 6.61 Å². The normalized spacial score (nSPS) is 12.8. The average Bonchev–Trinajstić information content (AvgIpc) is 2.88. The van der Waals surface area contributed by atoms with Crippen molar-refractivity contribution in [2.24, 2.45) is 5.73 Å². The average molecular weight is 322 g/mol. The van der Waals surface area contributed by atoms with Gasteiger partial charge < -0.3 is 15.3 Å². The fourth-order valence-electron chi connectivity index (χ4n) is 1.84. The van der Waals surface area contributed by atoms with E-state index in [4.69, 9.17) is 15.3 Å². The molecule has 0 aliphatic heterocycles. The van der Waals surface area contributed by atoms with Crippen LogP contribution in [0.3, 0.4) is 0 Å². The molecule has 3 nitrogen and oxygen atoms in total. The van der Waals surface area contributed by atoms with Crippen LogP contribution in [0.5, 0.6) is 0 Å². The molecule has 0 spiro atoms. The van der Waals surface area contributed by atoms with E-state index in [0.717, 1.165) is 12.1 Å². The van der Waals surface area contributed by atoms with Gasteiger partial charge in [0.25, 0.3) is 0 Å². The van der Waals surface area contributed by atoms with Crippen molar-refractivity contribution in [1.82, 2.24) is 0 Å². The summed E-state index contributed by atoms with van der Waals surface area (Å²) in [6.45, 7) is -0.0826. The van der Waals surface area contributed by atoms with Crippen molar-refractivity contribution in [2.45, 2.75) is 18.6 Å². The summed E-state index contributed by atoms with van der Waals surface area (Å²) in [5, 5.41) is 8.80. The minimum Gasteiger partial charge on any atom is -0.459 e. The number of benzene rings is 1. The molecule has 1 aromatic heterocycles. The molecule has 1 atom stereocenters. The smallest absolute Gasteiger partial charge is 0.416 e. The predicted molar refractivity (Wildman–Crippen MR) is 75.0 cm³/mol. The molecule has 1 unspecified atom stereocenters. The van der Waals surface area contributed by atoms with Gasteiger partial charge in [-0.05, 0) is 30.7 Å². The van der Waals surface area contributed by atoms with E-state index in [0.29, 0.717) is 23.5 Å². The number of alkyl halides is 3. The van der Waals surface area contributed by atoms with Gasteiger partial charge in [0.05, 0.1) is 11.6 Å². The first kappa shape index (κ1) is 17.6. The number of aliphatic hydroxyl groups is 1. The van der Waals surface area contributed by atoms with Crippen LogP contribution in [0.4, 0.5) is 13.2 Å². The lowest BCUT2D eigenvalue weighted by Gasteiger charge is -2.08. The van der Waals surface area contributed by atoms with Crippen molar-refractivity contribution >= 4 is 12.4 Å². The molecule has 0 aliphatic rings. The van der Waals surface area contributed by atoms with Gasteiger partial charge in [0.15, 0.2) is 0 Å². The maximum atomic E-state index is 12.6. The number of rotatable bonds is 4. The van der Waals surface area contributed by atoms with E-state index in [1.54, 1.807) is 12.1 Å². The van der Waals surface area contributed by atoms with Gasteiger partial charge in [-0.3, -0.25) is 0 Å². The highest BCUT2D eigenvalue weighted by molar-refractivity contribution is 5.85. The molecule has 0 saturated heterocycles. The van der Waals surface area contributed by atoms with Crippen LogP contribution >= 0.6 is 12.4 Å². The van der Waals surface area contributed by atoms with Crippen LogP contribution in [0.1, 0.15) is 23.8 Å².